The maximum absolute atomic E-state index is 13.2. The van der Waals surface area contributed by atoms with Gasteiger partial charge in [0.25, 0.3) is 0 Å². The zero-order chi connectivity index (χ0) is 22.5. The SMILES string of the molecule is C=CCOC(=O)C1=C(C)N=C2S[C@@H](CC)C(=O)N2[C@H]1c1ccc(OCC)c(OCC)c1. The number of ether oxygens (including phenoxy) is 3. The van der Waals surface area contributed by atoms with Crippen LogP contribution in [0.15, 0.2) is 47.1 Å². The van der Waals surface area contributed by atoms with E-state index in [2.05, 4.69) is 11.6 Å². The number of nitrogens with zero attached hydrogens (tertiary/aromatic N) is 2. The first-order valence-electron chi connectivity index (χ1n) is 10.4. The molecule has 0 spiro atoms. The number of carbonyl (C=O) groups excluding carboxylic acids is 2. The van der Waals surface area contributed by atoms with Gasteiger partial charge in [-0.05, 0) is 44.9 Å². The lowest BCUT2D eigenvalue weighted by Crippen LogP contribution is -2.40. The molecule has 0 N–H and O–H groups in total. The van der Waals surface area contributed by atoms with Crippen LogP contribution in [0.2, 0.25) is 0 Å². The van der Waals surface area contributed by atoms with Crippen molar-refractivity contribution in [3.63, 3.8) is 0 Å². The maximum Gasteiger partial charge on any atom is 0.338 e. The van der Waals surface area contributed by atoms with Gasteiger partial charge < -0.3 is 14.2 Å². The highest BCUT2D eigenvalue weighted by molar-refractivity contribution is 8.15. The molecule has 0 unspecified atom stereocenters. The summed E-state index contributed by atoms with van der Waals surface area (Å²) in [5, 5.41) is 0.373. The van der Waals surface area contributed by atoms with E-state index in [9.17, 15) is 9.59 Å². The second-order valence-corrected chi connectivity index (χ2v) is 8.15. The Balaban J connectivity index is 2.13. The molecule has 1 fully saturated rings. The molecule has 0 aromatic heterocycles. The lowest BCUT2D eigenvalue weighted by atomic mass is 9.93. The number of fused-ring (bicyclic) bond motifs is 1. The van der Waals surface area contributed by atoms with Crippen LogP contribution in [0.5, 0.6) is 11.5 Å². The zero-order valence-corrected chi connectivity index (χ0v) is 19.2. The van der Waals surface area contributed by atoms with Crippen LogP contribution in [0.25, 0.3) is 0 Å². The average Bonchev–Trinajstić information content (AvgIpc) is 3.07. The van der Waals surface area contributed by atoms with Crippen LogP contribution in [0.4, 0.5) is 0 Å². The Labute approximate surface area is 187 Å². The molecule has 0 aliphatic carbocycles. The molecular weight excluding hydrogens is 416 g/mol. The summed E-state index contributed by atoms with van der Waals surface area (Å²) >= 11 is 1.43. The minimum Gasteiger partial charge on any atom is -0.490 e. The van der Waals surface area contributed by atoms with E-state index in [1.807, 2.05) is 39.0 Å². The fraction of sp³-hybridized carbons (Fsp3) is 0.435. The third-order valence-electron chi connectivity index (χ3n) is 4.96. The number of amides is 1. The summed E-state index contributed by atoms with van der Waals surface area (Å²) in [5.41, 5.74) is 1.60. The van der Waals surface area contributed by atoms with Gasteiger partial charge >= 0.3 is 5.97 Å². The topological polar surface area (TPSA) is 77.4 Å². The Hall–Kier alpha value is -2.74. The second kappa shape index (κ2) is 10.0. The quantitative estimate of drug-likeness (QED) is 0.419. The molecule has 2 atom stereocenters. The summed E-state index contributed by atoms with van der Waals surface area (Å²) in [7, 11) is 0. The molecule has 2 aliphatic rings. The number of benzene rings is 1. The fourth-order valence-electron chi connectivity index (χ4n) is 3.62. The van der Waals surface area contributed by atoms with Crippen molar-refractivity contribution in [1.29, 1.82) is 0 Å². The van der Waals surface area contributed by atoms with Crippen molar-refractivity contribution in [3.05, 3.63) is 47.7 Å². The Kier molecular flexibility index (Phi) is 7.43. The standard InChI is InChI=1S/C23H28N2O5S/c1-6-12-30-22(27)19-14(5)24-23-25(21(26)18(7-2)31-23)20(19)15-10-11-16(28-8-3)17(13-15)29-9-4/h6,10-11,13,18,20H,1,7-9,12H2,2-5H3/t18-,20-/m0/s1. The van der Waals surface area contributed by atoms with Crippen LogP contribution in [-0.2, 0) is 14.3 Å². The number of hydrogen-bond donors (Lipinski definition) is 0. The summed E-state index contributed by atoms with van der Waals surface area (Å²) < 4.78 is 16.8. The van der Waals surface area contributed by atoms with Crippen molar-refractivity contribution in [2.45, 2.75) is 45.4 Å². The third kappa shape index (κ3) is 4.49. The predicted octanol–water partition coefficient (Wildman–Crippen LogP) is 4.25. The van der Waals surface area contributed by atoms with Crippen LogP contribution in [0.1, 0.15) is 45.7 Å². The number of aliphatic imine (C=N–C) groups is 1. The molecule has 0 saturated carbocycles. The van der Waals surface area contributed by atoms with Crippen molar-refractivity contribution < 1.29 is 23.8 Å². The van der Waals surface area contributed by atoms with E-state index < -0.39 is 12.0 Å². The molecule has 2 heterocycles. The first-order valence-corrected chi connectivity index (χ1v) is 11.3. The van der Waals surface area contributed by atoms with E-state index in [4.69, 9.17) is 14.2 Å². The Bertz CT molecular complexity index is 940. The van der Waals surface area contributed by atoms with Gasteiger partial charge in [-0.3, -0.25) is 9.69 Å². The van der Waals surface area contributed by atoms with Gasteiger partial charge in [0.2, 0.25) is 5.91 Å². The van der Waals surface area contributed by atoms with Crippen LogP contribution >= 0.6 is 11.8 Å². The number of rotatable bonds is 9. The van der Waals surface area contributed by atoms with Crippen molar-refractivity contribution >= 4 is 28.8 Å². The van der Waals surface area contributed by atoms with Crippen LogP contribution < -0.4 is 9.47 Å². The number of thioether (sulfide) groups is 1. The summed E-state index contributed by atoms with van der Waals surface area (Å²) in [4.78, 5) is 32.4. The number of esters is 1. The largest absolute Gasteiger partial charge is 0.490 e. The van der Waals surface area contributed by atoms with E-state index >= 15 is 0 Å². The predicted molar refractivity (Wildman–Crippen MR) is 121 cm³/mol. The molecule has 8 heteroatoms. The molecule has 7 nitrogen and oxygen atoms in total. The van der Waals surface area contributed by atoms with E-state index in [1.54, 1.807) is 11.8 Å². The monoisotopic (exact) mass is 444 g/mol. The van der Waals surface area contributed by atoms with Crippen LogP contribution in [0, 0.1) is 0 Å². The molecule has 0 bridgehead atoms. The van der Waals surface area contributed by atoms with Gasteiger partial charge in [-0.1, -0.05) is 37.4 Å². The van der Waals surface area contributed by atoms with Gasteiger partial charge in [0.05, 0.1) is 35.8 Å². The Morgan fingerprint density at radius 2 is 1.94 bits per heavy atom. The smallest absolute Gasteiger partial charge is 0.338 e. The number of carbonyl (C=O) groups is 2. The molecule has 1 aromatic rings. The molecular formula is C23H28N2O5S. The second-order valence-electron chi connectivity index (χ2n) is 6.98. The summed E-state index contributed by atoms with van der Waals surface area (Å²) in [6, 6.07) is 4.83. The van der Waals surface area contributed by atoms with Crippen LogP contribution in [0.3, 0.4) is 0 Å². The molecule has 31 heavy (non-hydrogen) atoms. The minimum absolute atomic E-state index is 0.0652. The van der Waals surface area contributed by atoms with Gasteiger partial charge in [-0.25, -0.2) is 9.79 Å². The first-order chi connectivity index (χ1) is 15.0. The first kappa shape index (κ1) is 22.9. The maximum atomic E-state index is 13.2. The molecule has 1 aromatic carbocycles. The van der Waals surface area contributed by atoms with Gasteiger partial charge in [-0.2, -0.15) is 0 Å². The van der Waals surface area contributed by atoms with Crippen molar-refractivity contribution in [2.24, 2.45) is 4.99 Å². The van der Waals surface area contributed by atoms with Crippen molar-refractivity contribution in [3.8, 4) is 11.5 Å². The Morgan fingerprint density at radius 1 is 1.23 bits per heavy atom. The third-order valence-corrected chi connectivity index (χ3v) is 6.28. The van der Waals surface area contributed by atoms with E-state index in [1.165, 1.54) is 17.8 Å². The molecule has 1 saturated heterocycles. The molecule has 166 valence electrons. The highest BCUT2D eigenvalue weighted by atomic mass is 32.2. The van der Waals surface area contributed by atoms with Crippen molar-refractivity contribution in [1.82, 2.24) is 4.90 Å². The van der Waals surface area contributed by atoms with Crippen LogP contribution in [-0.4, -0.2) is 47.0 Å². The molecule has 3 rings (SSSR count). The molecule has 1 amide bonds. The summed E-state index contributed by atoms with van der Waals surface area (Å²) in [6.07, 6.45) is 2.18. The van der Waals surface area contributed by atoms with E-state index in [-0.39, 0.29) is 17.8 Å². The highest BCUT2D eigenvalue weighted by Crippen LogP contribution is 2.45. The lowest BCUT2D eigenvalue weighted by molar-refractivity contribution is -0.139. The van der Waals surface area contributed by atoms with Gasteiger partial charge in [-0.15, -0.1) is 0 Å². The zero-order valence-electron chi connectivity index (χ0n) is 18.3. The summed E-state index contributed by atoms with van der Waals surface area (Å²) in [5.74, 6) is 0.593. The van der Waals surface area contributed by atoms with Crippen molar-refractivity contribution in [2.75, 3.05) is 19.8 Å². The number of hydrogen-bond acceptors (Lipinski definition) is 7. The molecule has 0 radical (unpaired) electrons. The number of allylic oxidation sites excluding steroid dienone is 1. The lowest BCUT2D eigenvalue weighted by Gasteiger charge is -2.33. The Morgan fingerprint density at radius 3 is 2.58 bits per heavy atom. The van der Waals surface area contributed by atoms with Gasteiger partial charge in [0.1, 0.15) is 6.61 Å². The average molecular weight is 445 g/mol. The number of amidine groups is 1. The van der Waals surface area contributed by atoms with E-state index in [0.29, 0.717) is 47.6 Å². The summed E-state index contributed by atoms with van der Waals surface area (Å²) in [6.45, 7) is 12.2. The minimum atomic E-state index is -0.656. The van der Waals surface area contributed by atoms with Gasteiger partial charge in [0.15, 0.2) is 16.7 Å². The van der Waals surface area contributed by atoms with Gasteiger partial charge in [0, 0.05) is 0 Å². The normalized spacial score (nSPS) is 20.3. The van der Waals surface area contributed by atoms with E-state index in [0.717, 1.165) is 5.56 Å². The highest BCUT2D eigenvalue weighted by Gasteiger charge is 2.47. The fourth-order valence-corrected chi connectivity index (χ4v) is 4.75. The molecule has 2 aliphatic heterocycles.